The molecule has 0 aliphatic rings. The maximum atomic E-state index is 5.36. The van der Waals surface area contributed by atoms with Crippen LogP contribution >= 0.6 is 11.8 Å². The van der Waals surface area contributed by atoms with E-state index in [0.29, 0.717) is 6.54 Å². The number of hydrogen-bond acceptors (Lipinski definition) is 2. The molecule has 0 saturated carbocycles. The van der Waals surface area contributed by atoms with Crippen molar-refractivity contribution >= 4 is 11.8 Å². The second-order valence-corrected chi connectivity index (χ2v) is 5.79. The van der Waals surface area contributed by atoms with Gasteiger partial charge in [0.05, 0.1) is 6.54 Å². The fraction of sp³-hybridized carbons (Fsp3) is 0.222. The molecule has 0 bridgehead atoms. The molecule has 2 aromatic carbocycles. The molecule has 0 amide bonds. The minimum Gasteiger partial charge on any atom is -0.320 e. The van der Waals surface area contributed by atoms with Crippen molar-refractivity contribution < 1.29 is 0 Å². The van der Waals surface area contributed by atoms with E-state index < -0.39 is 0 Å². The number of benzene rings is 2. The molecule has 2 N–H and O–H groups in total. The van der Waals surface area contributed by atoms with Gasteiger partial charge < -0.3 is 5.73 Å². The normalized spacial score (nSPS) is 9.95. The summed E-state index contributed by atoms with van der Waals surface area (Å²) in [4.78, 5) is 1.32. The quantitative estimate of drug-likeness (QED) is 0.682. The molecule has 0 spiro atoms. The topological polar surface area (TPSA) is 26.0 Å². The summed E-state index contributed by atoms with van der Waals surface area (Å²) < 4.78 is 0. The number of aryl methyl sites for hydroxylation is 2. The van der Waals surface area contributed by atoms with Gasteiger partial charge in [-0.05, 0) is 54.8 Å². The molecule has 0 atom stereocenters. The number of rotatable bonds is 3. The first-order chi connectivity index (χ1) is 9.69. The van der Waals surface area contributed by atoms with Crippen molar-refractivity contribution in [2.24, 2.45) is 5.73 Å². The van der Waals surface area contributed by atoms with Gasteiger partial charge in [-0.3, -0.25) is 0 Å². The van der Waals surface area contributed by atoms with Crippen LogP contribution in [0, 0.1) is 25.7 Å². The van der Waals surface area contributed by atoms with Gasteiger partial charge >= 0.3 is 0 Å². The zero-order valence-electron chi connectivity index (χ0n) is 11.9. The van der Waals surface area contributed by atoms with Crippen molar-refractivity contribution in [1.29, 1.82) is 0 Å². The van der Waals surface area contributed by atoms with Crippen LogP contribution in [0.4, 0.5) is 0 Å². The second-order valence-electron chi connectivity index (χ2n) is 4.74. The maximum absolute atomic E-state index is 5.36. The van der Waals surface area contributed by atoms with Gasteiger partial charge in [0.25, 0.3) is 0 Å². The van der Waals surface area contributed by atoms with E-state index in [-0.39, 0.29) is 0 Å². The minimum atomic E-state index is 0.407. The van der Waals surface area contributed by atoms with Gasteiger partial charge in [-0.1, -0.05) is 30.0 Å². The number of hydrogen-bond donors (Lipinski definition) is 1. The van der Waals surface area contributed by atoms with Gasteiger partial charge in [0, 0.05) is 16.2 Å². The molecule has 0 unspecified atom stereocenters. The third kappa shape index (κ3) is 4.16. The third-order valence-electron chi connectivity index (χ3n) is 3.17. The molecule has 20 heavy (non-hydrogen) atoms. The Labute approximate surface area is 125 Å². The predicted octanol–water partition coefficient (Wildman–Crippen LogP) is 3.91. The van der Waals surface area contributed by atoms with E-state index >= 15 is 0 Å². The van der Waals surface area contributed by atoms with Crippen LogP contribution in [-0.2, 0) is 5.75 Å². The summed E-state index contributed by atoms with van der Waals surface area (Å²) in [6, 6.07) is 15.0. The van der Waals surface area contributed by atoms with Crippen LogP contribution in [0.15, 0.2) is 47.4 Å². The van der Waals surface area contributed by atoms with Crippen molar-refractivity contribution in [2.75, 3.05) is 6.54 Å². The lowest BCUT2D eigenvalue weighted by Crippen LogP contribution is -1.93. The second kappa shape index (κ2) is 7.19. The lowest BCUT2D eigenvalue weighted by molar-refractivity contribution is 1.27. The van der Waals surface area contributed by atoms with E-state index in [9.17, 15) is 0 Å². The Kier molecular flexibility index (Phi) is 5.29. The summed E-state index contributed by atoms with van der Waals surface area (Å²) in [7, 11) is 0. The Bertz CT molecular complexity index is 633. The summed E-state index contributed by atoms with van der Waals surface area (Å²) >= 11 is 1.86. The van der Waals surface area contributed by atoms with Gasteiger partial charge in [0.1, 0.15) is 0 Å². The first kappa shape index (κ1) is 14.7. The van der Waals surface area contributed by atoms with Crippen LogP contribution in [0.5, 0.6) is 0 Å². The van der Waals surface area contributed by atoms with Crippen molar-refractivity contribution in [3.63, 3.8) is 0 Å². The van der Waals surface area contributed by atoms with Gasteiger partial charge in [-0.25, -0.2) is 0 Å². The van der Waals surface area contributed by atoms with Crippen molar-refractivity contribution in [3.8, 4) is 11.8 Å². The summed E-state index contributed by atoms with van der Waals surface area (Å²) in [5.41, 5.74) is 10.4. The van der Waals surface area contributed by atoms with Crippen LogP contribution in [0.1, 0.15) is 22.3 Å². The number of nitrogens with two attached hydrogens (primary N) is 1. The van der Waals surface area contributed by atoms with E-state index in [2.05, 4.69) is 68.2 Å². The largest absolute Gasteiger partial charge is 0.320 e. The standard InChI is InChI=1S/C18H19NS/c1-14-5-10-18(12-15(14)2)20-13-17-8-6-16(7-9-17)4-3-11-19/h5-10,12H,11,13,19H2,1-2H3. The monoisotopic (exact) mass is 281 g/mol. The highest BCUT2D eigenvalue weighted by atomic mass is 32.2. The lowest BCUT2D eigenvalue weighted by atomic mass is 10.1. The molecule has 0 aliphatic carbocycles. The predicted molar refractivity (Wildman–Crippen MR) is 87.9 cm³/mol. The van der Waals surface area contributed by atoms with Crippen LogP contribution in [0.25, 0.3) is 0 Å². The molecule has 0 heterocycles. The molecule has 1 nitrogen and oxygen atoms in total. The molecule has 0 aromatic heterocycles. The highest BCUT2D eigenvalue weighted by Gasteiger charge is 1.99. The summed E-state index contributed by atoms with van der Waals surface area (Å²) in [6.45, 7) is 4.71. The average molecular weight is 281 g/mol. The SMILES string of the molecule is Cc1ccc(SCc2ccc(C#CCN)cc2)cc1C. The Morgan fingerprint density at radius 3 is 2.40 bits per heavy atom. The molecule has 0 radical (unpaired) electrons. The molecule has 0 fully saturated rings. The molecule has 0 aliphatic heterocycles. The molecule has 2 rings (SSSR count). The first-order valence-electron chi connectivity index (χ1n) is 6.67. The molecular weight excluding hydrogens is 262 g/mol. The average Bonchev–Trinajstić information content (AvgIpc) is 2.47. The fourth-order valence-corrected chi connectivity index (χ4v) is 2.76. The molecule has 2 aromatic rings. The van der Waals surface area contributed by atoms with Crippen LogP contribution in [0.2, 0.25) is 0 Å². The van der Waals surface area contributed by atoms with Gasteiger partial charge in [-0.15, -0.1) is 11.8 Å². The van der Waals surface area contributed by atoms with E-state index in [1.54, 1.807) is 0 Å². The van der Waals surface area contributed by atoms with Crippen molar-refractivity contribution in [2.45, 2.75) is 24.5 Å². The molecule has 2 heteroatoms. The summed E-state index contributed by atoms with van der Waals surface area (Å²) in [5.74, 6) is 6.88. The van der Waals surface area contributed by atoms with Gasteiger partial charge in [0.15, 0.2) is 0 Å². The molecule has 0 saturated heterocycles. The zero-order chi connectivity index (χ0) is 14.4. The Morgan fingerprint density at radius 2 is 1.75 bits per heavy atom. The van der Waals surface area contributed by atoms with E-state index in [4.69, 9.17) is 5.73 Å². The maximum Gasteiger partial charge on any atom is 0.0555 e. The lowest BCUT2D eigenvalue weighted by Gasteiger charge is -2.05. The van der Waals surface area contributed by atoms with Crippen LogP contribution in [0.3, 0.4) is 0 Å². The zero-order valence-corrected chi connectivity index (χ0v) is 12.8. The van der Waals surface area contributed by atoms with E-state index in [1.807, 2.05) is 11.8 Å². The van der Waals surface area contributed by atoms with E-state index in [1.165, 1.54) is 21.6 Å². The summed E-state index contributed by atoms with van der Waals surface area (Å²) in [6.07, 6.45) is 0. The molecular formula is C18H19NS. The molecule has 102 valence electrons. The highest BCUT2D eigenvalue weighted by molar-refractivity contribution is 7.98. The van der Waals surface area contributed by atoms with Gasteiger partial charge in [0.2, 0.25) is 0 Å². The first-order valence-corrected chi connectivity index (χ1v) is 7.65. The summed E-state index contributed by atoms with van der Waals surface area (Å²) in [5, 5.41) is 0. The Hall–Kier alpha value is -1.69. The van der Waals surface area contributed by atoms with Crippen LogP contribution < -0.4 is 5.73 Å². The van der Waals surface area contributed by atoms with Crippen LogP contribution in [-0.4, -0.2) is 6.54 Å². The third-order valence-corrected chi connectivity index (χ3v) is 4.24. The van der Waals surface area contributed by atoms with Crippen molar-refractivity contribution in [3.05, 3.63) is 64.7 Å². The van der Waals surface area contributed by atoms with Crippen molar-refractivity contribution in [1.82, 2.24) is 0 Å². The smallest absolute Gasteiger partial charge is 0.0555 e. The van der Waals surface area contributed by atoms with E-state index in [0.717, 1.165) is 11.3 Å². The Morgan fingerprint density at radius 1 is 1.00 bits per heavy atom. The highest BCUT2D eigenvalue weighted by Crippen LogP contribution is 2.24. The Balaban J connectivity index is 1.98. The fourth-order valence-electron chi connectivity index (χ4n) is 1.81. The minimum absolute atomic E-state index is 0.407. The van der Waals surface area contributed by atoms with Gasteiger partial charge in [-0.2, -0.15) is 0 Å². The number of thioether (sulfide) groups is 1.